The number of anilines is 2. The molecule has 0 N–H and O–H groups in total. The maximum atomic E-state index is 9.24. The molecule has 0 spiro atoms. The molecule has 2 heteroatoms. The van der Waals surface area contributed by atoms with E-state index in [0.717, 1.165) is 16.9 Å². The van der Waals surface area contributed by atoms with Crippen LogP contribution in [-0.4, -0.2) is 7.05 Å². The largest absolute Gasteiger partial charge is 0.344 e. The first-order valence-corrected chi connectivity index (χ1v) is 6.34. The monoisotopic (exact) mass is 250 g/mol. The van der Waals surface area contributed by atoms with E-state index >= 15 is 0 Å². The Morgan fingerprint density at radius 1 is 0.895 bits per heavy atom. The molecule has 0 unspecified atom stereocenters. The van der Waals surface area contributed by atoms with Gasteiger partial charge in [0.2, 0.25) is 0 Å². The third-order valence-corrected chi connectivity index (χ3v) is 3.23. The average Bonchev–Trinajstić information content (AvgIpc) is 2.36. The van der Waals surface area contributed by atoms with Gasteiger partial charge in [-0.05, 0) is 61.7 Å². The molecule has 2 nitrogen and oxygen atoms in total. The van der Waals surface area contributed by atoms with Crippen molar-refractivity contribution < 1.29 is 0 Å². The molecule has 0 fully saturated rings. The Morgan fingerprint density at radius 3 is 2.11 bits per heavy atom. The number of nitriles is 1. The molecular formula is C17H18N2. The summed E-state index contributed by atoms with van der Waals surface area (Å²) in [4.78, 5) is 2.07. The van der Waals surface area contributed by atoms with Gasteiger partial charge >= 0.3 is 0 Å². The van der Waals surface area contributed by atoms with Gasteiger partial charge in [0, 0.05) is 12.7 Å². The van der Waals surface area contributed by atoms with Gasteiger partial charge in [-0.3, -0.25) is 0 Å². The summed E-state index contributed by atoms with van der Waals surface area (Å²) in [5.74, 6) is 0. The Bertz CT molecular complexity index is 631. The zero-order chi connectivity index (χ0) is 14.0. The molecule has 0 heterocycles. The van der Waals surface area contributed by atoms with Crippen LogP contribution in [0.3, 0.4) is 0 Å². The zero-order valence-corrected chi connectivity index (χ0v) is 11.9. The number of hydrogen-bond acceptors (Lipinski definition) is 2. The van der Waals surface area contributed by atoms with Gasteiger partial charge in [0.05, 0.1) is 11.3 Å². The molecule has 0 saturated carbocycles. The minimum absolute atomic E-state index is 0.701. The number of rotatable bonds is 2. The SMILES string of the molecule is Cc1cc(C)cc(N(C)c2cc(C)ccc2C#N)c1. The molecule has 0 atom stereocenters. The maximum Gasteiger partial charge on any atom is 0.101 e. The third kappa shape index (κ3) is 2.77. The van der Waals surface area contributed by atoms with E-state index in [4.69, 9.17) is 0 Å². The second-order valence-electron chi connectivity index (χ2n) is 5.04. The second kappa shape index (κ2) is 5.16. The van der Waals surface area contributed by atoms with E-state index < -0.39 is 0 Å². The lowest BCUT2D eigenvalue weighted by molar-refractivity contribution is 1.18. The zero-order valence-electron chi connectivity index (χ0n) is 11.9. The summed E-state index contributed by atoms with van der Waals surface area (Å²) in [7, 11) is 2.00. The molecule has 0 saturated heterocycles. The molecule has 2 aromatic carbocycles. The van der Waals surface area contributed by atoms with Gasteiger partial charge in [0.25, 0.3) is 0 Å². The quantitative estimate of drug-likeness (QED) is 0.796. The van der Waals surface area contributed by atoms with E-state index in [2.05, 4.69) is 49.1 Å². The van der Waals surface area contributed by atoms with Gasteiger partial charge in [0.1, 0.15) is 6.07 Å². The third-order valence-electron chi connectivity index (χ3n) is 3.23. The second-order valence-corrected chi connectivity index (χ2v) is 5.04. The first kappa shape index (κ1) is 13.2. The fourth-order valence-corrected chi connectivity index (χ4v) is 2.30. The number of aryl methyl sites for hydroxylation is 3. The van der Waals surface area contributed by atoms with E-state index in [-0.39, 0.29) is 0 Å². The molecular weight excluding hydrogens is 232 g/mol. The van der Waals surface area contributed by atoms with Gasteiger partial charge < -0.3 is 4.90 Å². The Morgan fingerprint density at radius 2 is 1.53 bits per heavy atom. The fraction of sp³-hybridized carbons (Fsp3) is 0.235. The summed E-state index contributed by atoms with van der Waals surface area (Å²) in [6.07, 6.45) is 0. The van der Waals surface area contributed by atoms with Gasteiger partial charge in [-0.1, -0.05) is 12.1 Å². The van der Waals surface area contributed by atoms with Crippen LogP contribution in [0.25, 0.3) is 0 Å². The molecule has 0 amide bonds. The molecule has 0 radical (unpaired) electrons. The molecule has 0 aliphatic rings. The molecule has 0 aliphatic carbocycles. The summed E-state index contributed by atoms with van der Waals surface area (Å²) < 4.78 is 0. The fourth-order valence-electron chi connectivity index (χ4n) is 2.30. The van der Waals surface area contributed by atoms with E-state index in [9.17, 15) is 5.26 Å². The Kier molecular flexibility index (Phi) is 3.57. The lowest BCUT2D eigenvalue weighted by atomic mass is 10.1. The lowest BCUT2D eigenvalue weighted by Crippen LogP contribution is -2.11. The van der Waals surface area contributed by atoms with Crippen LogP contribution in [0, 0.1) is 32.1 Å². The number of hydrogen-bond donors (Lipinski definition) is 0. The Labute approximate surface area is 114 Å². The first-order valence-electron chi connectivity index (χ1n) is 6.34. The van der Waals surface area contributed by atoms with Crippen molar-refractivity contribution in [3.05, 3.63) is 58.7 Å². The highest BCUT2D eigenvalue weighted by atomic mass is 15.1. The van der Waals surface area contributed by atoms with Gasteiger partial charge in [0.15, 0.2) is 0 Å². The van der Waals surface area contributed by atoms with Gasteiger partial charge in [-0.25, -0.2) is 0 Å². The molecule has 2 rings (SSSR count). The summed E-state index contributed by atoms with van der Waals surface area (Å²) in [5, 5.41) is 9.24. The smallest absolute Gasteiger partial charge is 0.101 e. The maximum absolute atomic E-state index is 9.24. The first-order chi connectivity index (χ1) is 9.01. The Hall–Kier alpha value is -2.27. The molecule has 0 bridgehead atoms. The lowest BCUT2D eigenvalue weighted by Gasteiger charge is -2.22. The predicted molar refractivity (Wildman–Crippen MR) is 79.9 cm³/mol. The van der Waals surface area contributed by atoms with Crippen molar-refractivity contribution in [2.45, 2.75) is 20.8 Å². The van der Waals surface area contributed by atoms with Crippen molar-refractivity contribution in [1.82, 2.24) is 0 Å². The number of benzene rings is 2. The highest BCUT2D eigenvalue weighted by Crippen LogP contribution is 2.29. The molecule has 2 aromatic rings. The molecule has 0 aromatic heterocycles. The Balaban J connectivity index is 2.52. The van der Waals surface area contributed by atoms with E-state index in [1.54, 1.807) is 0 Å². The predicted octanol–water partition coefficient (Wildman–Crippen LogP) is 4.25. The van der Waals surface area contributed by atoms with E-state index in [1.165, 1.54) is 11.1 Å². The van der Waals surface area contributed by atoms with Crippen LogP contribution in [0.5, 0.6) is 0 Å². The summed E-state index contributed by atoms with van der Waals surface area (Å²) >= 11 is 0. The van der Waals surface area contributed by atoms with E-state index in [1.807, 2.05) is 26.1 Å². The summed E-state index contributed by atoms with van der Waals surface area (Å²) in [6.45, 7) is 6.22. The summed E-state index contributed by atoms with van der Waals surface area (Å²) in [6, 6.07) is 14.6. The van der Waals surface area contributed by atoms with Crippen LogP contribution in [0.4, 0.5) is 11.4 Å². The molecule has 19 heavy (non-hydrogen) atoms. The van der Waals surface area contributed by atoms with Crippen LogP contribution in [0.1, 0.15) is 22.3 Å². The van der Waals surface area contributed by atoms with Gasteiger partial charge in [-0.2, -0.15) is 5.26 Å². The topological polar surface area (TPSA) is 27.0 Å². The normalized spacial score (nSPS) is 10.1. The van der Waals surface area contributed by atoms with Gasteiger partial charge in [-0.15, -0.1) is 0 Å². The average molecular weight is 250 g/mol. The van der Waals surface area contributed by atoms with Crippen molar-refractivity contribution >= 4 is 11.4 Å². The van der Waals surface area contributed by atoms with Crippen molar-refractivity contribution in [2.75, 3.05) is 11.9 Å². The standard InChI is InChI=1S/C17H18N2/c1-12-5-6-15(11-18)17(10-12)19(4)16-8-13(2)7-14(3)9-16/h5-10H,1-4H3. The van der Waals surface area contributed by atoms with Crippen LogP contribution in [0.2, 0.25) is 0 Å². The molecule has 0 aliphatic heterocycles. The highest BCUT2D eigenvalue weighted by molar-refractivity contribution is 5.70. The minimum Gasteiger partial charge on any atom is -0.344 e. The van der Waals surface area contributed by atoms with Crippen molar-refractivity contribution in [3.63, 3.8) is 0 Å². The minimum atomic E-state index is 0.701. The van der Waals surface area contributed by atoms with Crippen LogP contribution >= 0.6 is 0 Å². The summed E-state index contributed by atoms with van der Waals surface area (Å²) in [5.41, 5.74) is 6.38. The van der Waals surface area contributed by atoms with Crippen molar-refractivity contribution in [1.29, 1.82) is 5.26 Å². The van der Waals surface area contributed by atoms with Crippen molar-refractivity contribution in [2.24, 2.45) is 0 Å². The highest BCUT2D eigenvalue weighted by Gasteiger charge is 2.10. The van der Waals surface area contributed by atoms with Crippen molar-refractivity contribution in [3.8, 4) is 6.07 Å². The van der Waals surface area contributed by atoms with Crippen LogP contribution < -0.4 is 4.90 Å². The molecule has 96 valence electrons. The van der Waals surface area contributed by atoms with Crippen LogP contribution in [-0.2, 0) is 0 Å². The van der Waals surface area contributed by atoms with E-state index in [0.29, 0.717) is 5.56 Å². The van der Waals surface area contributed by atoms with Crippen LogP contribution in [0.15, 0.2) is 36.4 Å². The number of nitrogens with zero attached hydrogens (tertiary/aromatic N) is 2.